The zero-order valence-electron chi connectivity index (χ0n) is 13.1. The Hall–Kier alpha value is -2.10. The third-order valence-electron chi connectivity index (χ3n) is 4.50. The Bertz CT molecular complexity index is 675. The molecule has 2 heterocycles. The summed E-state index contributed by atoms with van der Waals surface area (Å²) in [6.07, 6.45) is 3.42. The predicted octanol–water partition coefficient (Wildman–Crippen LogP) is 3.77. The smallest absolute Gasteiger partial charge is 0.135 e. The van der Waals surface area contributed by atoms with Crippen molar-refractivity contribution in [1.29, 1.82) is 0 Å². The number of benzene rings is 2. The van der Waals surface area contributed by atoms with Crippen molar-refractivity contribution in [2.24, 2.45) is 0 Å². The van der Waals surface area contributed by atoms with Crippen molar-refractivity contribution >= 4 is 5.57 Å². The molecule has 117 valence electrons. The van der Waals surface area contributed by atoms with Gasteiger partial charge in [-0.05, 0) is 41.8 Å². The number of nitrogens with zero attached hydrogens (tertiary/aromatic N) is 1. The van der Waals surface area contributed by atoms with Gasteiger partial charge in [0.15, 0.2) is 0 Å². The van der Waals surface area contributed by atoms with Crippen LogP contribution in [0, 0.1) is 6.07 Å². The lowest BCUT2D eigenvalue weighted by Crippen LogP contribution is -2.50. The van der Waals surface area contributed by atoms with E-state index in [2.05, 4.69) is 23.1 Å². The number of hydrogen-bond acceptors (Lipinski definition) is 3. The molecule has 2 aliphatic heterocycles. The van der Waals surface area contributed by atoms with Gasteiger partial charge >= 0.3 is 0 Å². The minimum Gasteiger partial charge on any atom is -0.457 e. The summed E-state index contributed by atoms with van der Waals surface area (Å²) in [6, 6.07) is 19.8. The molecular formula is C20H20NO2. The van der Waals surface area contributed by atoms with Crippen molar-refractivity contribution in [3.63, 3.8) is 0 Å². The molecule has 0 aliphatic carbocycles. The van der Waals surface area contributed by atoms with Gasteiger partial charge in [0.2, 0.25) is 0 Å². The normalized spacial score (nSPS) is 19.0. The van der Waals surface area contributed by atoms with Crippen LogP contribution in [0.4, 0.5) is 0 Å². The molecule has 0 spiro atoms. The highest BCUT2D eigenvalue weighted by Crippen LogP contribution is 2.27. The second kappa shape index (κ2) is 6.57. The van der Waals surface area contributed by atoms with E-state index in [4.69, 9.17) is 9.47 Å². The van der Waals surface area contributed by atoms with Gasteiger partial charge in [-0.1, -0.05) is 30.3 Å². The average Bonchev–Trinajstić information content (AvgIpc) is 2.56. The molecule has 0 aromatic heterocycles. The average molecular weight is 306 g/mol. The van der Waals surface area contributed by atoms with Gasteiger partial charge in [-0.2, -0.15) is 0 Å². The van der Waals surface area contributed by atoms with Crippen LogP contribution in [0.3, 0.4) is 0 Å². The van der Waals surface area contributed by atoms with Crippen molar-refractivity contribution in [3.8, 4) is 11.5 Å². The Morgan fingerprint density at radius 1 is 1.09 bits per heavy atom. The number of para-hydroxylation sites is 1. The topological polar surface area (TPSA) is 21.7 Å². The molecule has 0 N–H and O–H groups in total. The minimum absolute atomic E-state index is 0.626. The van der Waals surface area contributed by atoms with Gasteiger partial charge in [0.05, 0.1) is 19.3 Å². The number of hydrogen-bond donors (Lipinski definition) is 0. The summed E-state index contributed by atoms with van der Waals surface area (Å²) in [5, 5.41) is 0. The zero-order chi connectivity index (χ0) is 15.5. The Kier molecular flexibility index (Phi) is 4.14. The lowest BCUT2D eigenvalue weighted by atomic mass is 9.98. The Morgan fingerprint density at radius 2 is 1.96 bits per heavy atom. The van der Waals surface area contributed by atoms with Crippen molar-refractivity contribution < 1.29 is 9.47 Å². The molecule has 3 heteroatoms. The Morgan fingerprint density at radius 3 is 2.57 bits per heavy atom. The second-order valence-electron chi connectivity index (χ2n) is 6.02. The van der Waals surface area contributed by atoms with Crippen LogP contribution in [0.1, 0.15) is 12.0 Å². The Balaban J connectivity index is 1.41. The number of ether oxygens (including phenoxy) is 2. The van der Waals surface area contributed by atoms with E-state index in [1.807, 2.05) is 42.5 Å². The van der Waals surface area contributed by atoms with E-state index in [1.54, 1.807) is 0 Å². The molecule has 1 saturated heterocycles. The maximum atomic E-state index is 5.79. The summed E-state index contributed by atoms with van der Waals surface area (Å²) in [4.78, 5) is 2.50. The second-order valence-corrected chi connectivity index (χ2v) is 6.02. The van der Waals surface area contributed by atoms with Crippen LogP contribution in [0.2, 0.25) is 0 Å². The van der Waals surface area contributed by atoms with Gasteiger partial charge < -0.3 is 9.47 Å². The molecule has 0 bridgehead atoms. The molecule has 23 heavy (non-hydrogen) atoms. The maximum absolute atomic E-state index is 5.79. The first-order chi connectivity index (χ1) is 11.4. The highest BCUT2D eigenvalue weighted by Gasteiger charge is 2.26. The summed E-state index contributed by atoms with van der Waals surface area (Å²) in [6.45, 7) is 3.92. The van der Waals surface area contributed by atoms with Crippen LogP contribution in [-0.2, 0) is 4.74 Å². The fourth-order valence-electron chi connectivity index (χ4n) is 3.00. The molecule has 3 nitrogen and oxygen atoms in total. The summed E-state index contributed by atoms with van der Waals surface area (Å²) < 4.78 is 11.1. The lowest BCUT2D eigenvalue weighted by molar-refractivity contribution is -0.0612. The molecule has 0 saturated carbocycles. The van der Waals surface area contributed by atoms with Crippen LogP contribution in [0.25, 0.3) is 5.57 Å². The van der Waals surface area contributed by atoms with Gasteiger partial charge in [0.25, 0.3) is 0 Å². The first-order valence-corrected chi connectivity index (χ1v) is 8.14. The van der Waals surface area contributed by atoms with E-state index in [9.17, 15) is 0 Å². The lowest BCUT2D eigenvalue weighted by Gasteiger charge is -2.38. The summed E-state index contributed by atoms with van der Waals surface area (Å²) in [7, 11) is 0. The van der Waals surface area contributed by atoms with Gasteiger partial charge in [0, 0.05) is 19.2 Å². The first kappa shape index (κ1) is 14.5. The molecule has 4 rings (SSSR count). The summed E-state index contributed by atoms with van der Waals surface area (Å²) >= 11 is 0. The molecule has 1 fully saturated rings. The van der Waals surface area contributed by atoms with E-state index in [0.29, 0.717) is 6.04 Å². The van der Waals surface area contributed by atoms with Crippen LogP contribution < -0.4 is 4.74 Å². The first-order valence-electron chi connectivity index (χ1n) is 8.14. The number of rotatable bonds is 4. The van der Waals surface area contributed by atoms with E-state index in [0.717, 1.165) is 44.2 Å². The van der Waals surface area contributed by atoms with E-state index >= 15 is 0 Å². The summed E-state index contributed by atoms with van der Waals surface area (Å²) in [5.74, 6) is 1.59. The fourth-order valence-corrected chi connectivity index (χ4v) is 3.00. The Labute approximate surface area is 137 Å². The molecule has 0 atom stereocenters. The van der Waals surface area contributed by atoms with Gasteiger partial charge in [0.1, 0.15) is 11.5 Å². The van der Waals surface area contributed by atoms with E-state index < -0.39 is 0 Å². The third kappa shape index (κ3) is 3.31. The standard InChI is InChI=1S/C20H20NO2/c1-2-4-19(5-3-1)23-20-8-6-16(7-9-20)17-10-12-21(13-11-17)18-14-22-15-18/h1-8,10,18H,11-15H2. The summed E-state index contributed by atoms with van der Waals surface area (Å²) in [5.41, 5.74) is 2.65. The maximum Gasteiger partial charge on any atom is 0.135 e. The fraction of sp³-hybridized carbons (Fsp3) is 0.300. The molecule has 0 amide bonds. The van der Waals surface area contributed by atoms with Gasteiger partial charge in [-0.15, -0.1) is 0 Å². The van der Waals surface area contributed by atoms with Crippen LogP contribution in [0.15, 0.2) is 54.6 Å². The molecule has 0 unspecified atom stereocenters. The molecule has 1 radical (unpaired) electrons. The van der Waals surface area contributed by atoms with E-state index in [-0.39, 0.29) is 0 Å². The zero-order valence-corrected chi connectivity index (χ0v) is 13.1. The molecule has 2 aromatic rings. The quantitative estimate of drug-likeness (QED) is 0.858. The van der Waals surface area contributed by atoms with Crippen molar-refractivity contribution in [2.75, 3.05) is 26.3 Å². The monoisotopic (exact) mass is 306 g/mol. The molecular weight excluding hydrogens is 286 g/mol. The highest BCUT2D eigenvalue weighted by molar-refractivity contribution is 5.67. The van der Waals surface area contributed by atoms with Crippen molar-refractivity contribution in [3.05, 3.63) is 66.2 Å². The molecule has 2 aliphatic rings. The van der Waals surface area contributed by atoms with E-state index in [1.165, 1.54) is 11.1 Å². The highest BCUT2D eigenvalue weighted by atomic mass is 16.5. The largest absolute Gasteiger partial charge is 0.457 e. The van der Waals surface area contributed by atoms with Gasteiger partial charge in [-0.3, -0.25) is 4.90 Å². The molecule has 2 aromatic carbocycles. The SMILES string of the molecule is [c]1cc(C2=CCN(C3COC3)CC2)ccc1Oc1ccccc1. The predicted molar refractivity (Wildman–Crippen MR) is 90.6 cm³/mol. The van der Waals surface area contributed by atoms with Gasteiger partial charge in [-0.25, -0.2) is 0 Å². The van der Waals surface area contributed by atoms with Crippen LogP contribution in [0.5, 0.6) is 11.5 Å². The minimum atomic E-state index is 0.626. The third-order valence-corrected chi connectivity index (χ3v) is 4.50. The van der Waals surface area contributed by atoms with Crippen LogP contribution in [-0.4, -0.2) is 37.2 Å². The van der Waals surface area contributed by atoms with Crippen molar-refractivity contribution in [2.45, 2.75) is 12.5 Å². The van der Waals surface area contributed by atoms with Crippen molar-refractivity contribution in [1.82, 2.24) is 4.90 Å². The van der Waals surface area contributed by atoms with Crippen LogP contribution >= 0.6 is 0 Å².